The lowest BCUT2D eigenvalue weighted by Crippen LogP contribution is -2.32. The molecule has 88 valence electrons. The Labute approximate surface area is 94.2 Å². The minimum atomic E-state index is -0.505. The van der Waals surface area contributed by atoms with E-state index in [2.05, 4.69) is 15.3 Å². The van der Waals surface area contributed by atoms with Gasteiger partial charge in [-0.3, -0.25) is 0 Å². The predicted octanol–water partition coefficient (Wildman–Crippen LogP) is 1.08. The first kappa shape index (κ1) is 12.2. The number of carbonyl (C=O) groups excluding carboxylic acids is 1. The number of aromatic nitrogens is 2. The average Bonchev–Trinajstić information content (AvgIpc) is 2.12. The lowest BCUT2D eigenvalue weighted by atomic mass is 10.2. The third-order valence-corrected chi connectivity index (χ3v) is 1.54. The van der Waals surface area contributed by atoms with E-state index in [0.717, 1.165) is 0 Å². The van der Waals surface area contributed by atoms with Crippen LogP contribution < -0.4 is 11.1 Å². The quantitative estimate of drug-likeness (QED) is 0.784. The molecule has 16 heavy (non-hydrogen) atoms. The molecule has 0 aromatic carbocycles. The van der Waals surface area contributed by atoms with E-state index in [1.807, 2.05) is 0 Å². The Bertz CT molecular complexity index is 373. The highest BCUT2D eigenvalue weighted by molar-refractivity contribution is 5.67. The molecule has 1 aromatic heterocycles. The second-order valence-electron chi connectivity index (χ2n) is 4.26. The van der Waals surface area contributed by atoms with Crippen LogP contribution in [0.2, 0.25) is 0 Å². The monoisotopic (exact) mass is 224 g/mol. The number of hydrogen-bond donors (Lipinski definition) is 2. The molecule has 1 rings (SSSR count). The van der Waals surface area contributed by atoms with E-state index in [9.17, 15) is 4.79 Å². The maximum absolute atomic E-state index is 11.3. The van der Waals surface area contributed by atoms with Crippen molar-refractivity contribution in [3.05, 3.63) is 18.0 Å². The molecular weight excluding hydrogens is 208 g/mol. The predicted molar refractivity (Wildman–Crippen MR) is 59.5 cm³/mol. The number of carbonyl (C=O) groups is 1. The summed E-state index contributed by atoms with van der Waals surface area (Å²) in [7, 11) is 0. The molecule has 0 radical (unpaired) electrons. The van der Waals surface area contributed by atoms with Crippen LogP contribution in [-0.2, 0) is 11.3 Å². The molecule has 0 saturated heterocycles. The van der Waals surface area contributed by atoms with Crippen molar-refractivity contribution >= 4 is 12.0 Å². The number of amides is 1. The van der Waals surface area contributed by atoms with Crippen molar-refractivity contribution in [3.63, 3.8) is 0 Å². The second-order valence-corrected chi connectivity index (χ2v) is 4.26. The number of hydrogen-bond acceptors (Lipinski definition) is 5. The first-order chi connectivity index (χ1) is 7.37. The minimum Gasteiger partial charge on any atom is -0.444 e. The third kappa shape index (κ3) is 4.59. The molecule has 3 N–H and O–H groups in total. The Morgan fingerprint density at radius 1 is 1.56 bits per heavy atom. The van der Waals surface area contributed by atoms with Gasteiger partial charge in [-0.25, -0.2) is 14.8 Å². The molecule has 0 aliphatic carbocycles. The van der Waals surface area contributed by atoms with E-state index in [-0.39, 0.29) is 12.5 Å². The molecule has 0 bridgehead atoms. The molecule has 0 unspecified atom stereocenters. The van der Waals surface area contributed by atoms with Crippen LogP contribution in [0.5, 0.6) is 0 Å². The number of nitrogen functional groups attached to an aromatic ring is 1. The fourth-order valence-corrected chi connectivity index (χ4v) is 0.988. The van der Waals surface area contributed by atoms with Crippen LogP contribution in [0.25, 0.3) is 0 Å². The number of nitrogens with two attached hydrogens (primary N) is 1. The number of ether oxygens (including phenoxy) is 1. The van der Waals surface area contributed by atoms with Gasteiger partial charge >= 0.3 is 6.09 Å². The van der Waals surface area contributed by atoms with Gasteiger partial charge in [0.1, 0.15) is 5.60 Å². The smallest absolute Gasteiger partial charge is 0.407 e. The molecule has 1 heterocycles. The topological polar surface area (TPSA) is 90.1 Å². The zero-order valence-electron chi connectivity index (χ0n) is 9.65. The van der Waals surface area contributed by atoms with Gasteiger partial charge in [0.2, 0.25) is 5.95 Å². The van der Waals surface area contributed by atoms with Gasteiger partial charge in [-0.2, -0.15) is 0 Å². The Morgan fingerprint density at radius 2 is 2.25 bits per heavy atom. The van der Waals surface area contributed by atoms with Crippen molar-refractivity contribution < 1.29 is 9.53 Å². The molecule has 6 heteroatoms. The summed E-state index contributed by atoms with van der Waals surface area (Å²) < 4.78 is 5.06. The van der Waals surface area contributed by atoms with Gasteiger partial charge in [0.05, 0.1) is 12.2 Å². The molecule has 0 aliphatic rings. The molecule has 1 aromatic rings. The molecule has 0 aliphatic heterocycles. The van der Waals surface area contributed by atoms with E-state index in [0.29, 0.717) is 5.69 Å². The normalized spacial score (nSPS) is 10.9. The molecule has 0 saturated carbocycles. The summed E-state index contributed by atoms with van der Waals surface area (Å²) in [5.74, 6) is 0.184. The zero-order valence-corrected chi connectivity index (χ0v) is 9.65. The molecule has 0 fully saturated rings. The van der Waals surface area contributed by atoms with Gasteiger partial charge < -0.3 is 15.8 Å². The highest BCUT2D eigenvalue weighted by Crippen LogP contribution is 2.06. The summed E-state index contributed by atoms with van der Waals surface area (Å²) in [6.45, 7) is 5.67. The summed E-state index contributed by atoms with van der Waals surface area (Å²) in [6.07, 6.45) is 1.05. The van der Waals surface area contributed by atoms with Crippen LogP contribution in [0.4, 0.5) is 10.7 Å². The van der Waals surface area contributed by atoms with Crippen molar-refractivity contribution in [2.24, 2.45) is 0 Å². The van der Waals surface area contributed by atoms with Crippen molar-refractivity contribution in [2.45, 2.75) is 32.9 Å². The highest BCUT2D eigenvalue weighted by atomic mass is 16.6. The molecule has 0 atom stereocenters. The summed E-state index contributed by atoms with van der Waals surface area (Å²) in [5.41, 5.74) is 5.53. The van der Waals surface area contributed by atoms with Gasteiger partial charge in [-0.1, -0.05) is 0 Å². The maximum Gasteiger partial charge on any atom is 0.407 e. The number of anilines is 1. The molecule has 6 nitrogen and oxygen atoms in total. The standard InChI is InChI=1S/C10H16N4O2/c1-10(2,3)16-9(15)13-6-7-4-5-12-8(11)14-7/h4-5H,6H2,1-3H3,(H,13,15)(H2,11,12,14). The van der Waals surface area contributed by atoms with E-state index in [1.165, 1.54) is 6.20 Å². The lowest BCUT2D eigenvalue weighted by molar-refractivity contribution is 0.0523. The summed E-state index contributed by atoms with van der Waals surface area (Å²) >= 11 is 0. The van der Waals surface area contributed by atoms with Crippen LogP contribution in [0.1, 0.15) is 26.5 Å². The van der Waals surface area contributed by atoms with Gasteiger partial charge in [-0.05, 0) is 26.8 Å². The van der Waals surface area contributed by atoms with Crippen molar-refractivity contribution in [1.82, 2.24) is 15.3 Å². The Morgan fingerprint density at radius 3 is 2.81 bits per heavy atom. The van der Waals surface area contributed by atoms with Crippen molar-refractivity contribution in [1.29, 1.82) is 0 Å². The molecule has 1 amide bonds. The second kappa shape index (κ2) is 4.78. The van der Waals surface area contributed by atoms with Crippen LogP contribution in [0.15, 0.2) is 12.3 Å². The number of nitrogens with zero attached hydrogens (tertiary/aromatic N) is 2. The van der Waals surface area contributed by atoms with Crippen molar-refractivity contribution in [2.75, 3.05) is 5.73 Å². The largest absolute Gasteiger partial charge is 0.444 e. The fourth-order valence-electron chi connectivity index (χ4n) is 0.988. The van der Waals surface area contributed by atoms with Gasteiger partial charge in [0.15, 0.2) is 0 Å². The van der Waals surface area contributed by atoms with E-state index >= 15 is 0 Å². The summed E-state index contributed by atoms with van der Waals surface area (Å²) in [4.78, 5) is 19.0. The van der Waals surface area contributed by atoms with Gasteiger partial charge in [0, 0.05) is 6.20 Å². The Hall–Kier alpha value is -1.85. The first-order valence-electron chi connectivity index (χ1n) is 4.91. The van der Waals surface area contributed by atoms with E-state index in [4.69, 9.17) is 10.5 Å². The van der Waals surface area contributed by atoms with E-state index in [1.54, 1.807) is 26.8 Å². The Kier molecular flexibility index (Phi) is 3.65. The van der Waals surface area contributed by atoms with Gasteiger partial charge in [-0.15, -0.1) is 0 Å². The summed E-state index contributed by atoms with van der Waals surface area (Å²) in [6, 6.07) is 1.67. The highest BCUT2D eigenvalue weighted by Gasteiger charge is 2.15. The lowest BCUT2D eigenvalue weighted by Gasteiger charge is -2.19. The third-order valence-electron chi connectivity index (χ3n) is 1.54. The Balaban J connectivity index is 2.43. The molecule has 0 spiro atoms. The fraction of sp³-hybridized carbons (Fsp3) is 0.500. The zero-order chi connectivity index (χ0) is 12.2. The maximum atomic E-state index is 11.3. The number of alkyl carbamates (subject to hydrolysis) is 1. The molecular formula is C10H16N4O2. The van der Waals surface area contributed by atoms with Crippen molar-refractivity contribution in [3.8, 4) is 0 Å². The van der Waals surface area contributed by atoms with Crippen LogP contribution in [0, 0.1) is 0 Å². The number of rotatable bonds is 2. The average molecular weight is 224 g/mol. The number of nitrogens with one attached hydrogen (secondary N) is 1. The van der Waals surface area contributed by atoms with Crippen LogP contribution >= 0.6 is 0 Å². The minimum absolute atomic E-state index is 0.184. The van der Waals surface area contributed by atoms with Gasteiger partial charge in [0.25, 0.3) is 0 Å². The van der Waals surface area contributed by atoms with Crippen LogP contribution in [-0.4, -0.2) is 21.7 Å². The first-order valence-corrected chi connectivity index (χ1v) is 4.91. The SMILES string of the molecule is CC(C)(C)OC(=O)NCc1ccnc(N)n1. The van der Waals surface area contributed by atoms with E-state index < -0.39 is 11.7 Å². The van der Waals surface area contributed by atoms with Crippen LogP contribution in [0.3, 0.4) is 0 Å². The summed E-state index contributed by atoms with van der Waals surface area (Å²) in [5, 5.41) is 2.58.